The first-order chi connectivity index (χ1) is 19.1. The number of amides is 1. The minimum absolute atomic E-state index is 0.231. The Morgan fingerprint density at radius 3 is 2.67 bits per heavy atom. The maximum Gasteiger partial charge on any atom is 0.416 e. The van der Waals surface area contributed by atoms with Crippen LogP contribution in [-0.4, -0.2) is 58.6 Å². The normalized spacial score (nSPS) is 16.6. The zero-order valence-corrected chi connectivity index (χ0v) is 23.5. The zero-order chi connectivity index (χ0) is 28.9. The molecule has 0 spiro atoms. The smallest absolute Gasteiger partial charge is 0.416 e. The quantitative estimate of drug-likeness (QED) is 0.147. The Balaban J connectivity index is 1.37. The van der Waals surface area contributed by atoms with Crippen molar-refractivity contribution in [3.63, 3.8) is 0 Å². The molecule has 1 atom stereocenters. The van der Waals surface area contributed by atoms with E-state index in [9.17, 15) is 28.3 Å². The molecular weight excluding hydrogens is 567 g/mol. The number of nitrogens with zero attached hydrogens (tertiary/aromatic N) is 2. The topological polar surface area (TPSA) is 94.9 Å². The summed E-state index contributed by atoms with van der Waals surface area (Å²) < 4.78 is 44.2. The number of carbonyl (C=O) groups is 1. The summed E-state index contributed by atoms with van der Waals surface area (Å²) in [6.45, 7) is 1.78. The lowest BCUT2D eigenvalue weighted by molar-refractivity contribution is -0.143. The van der Waals surface area contributed by atoms with Crippen LogP contribution in [0.25, 0.3) is 10.9 Å². The minimum atomic E-state index is -4.38. The number of hydroxylamine groups is 1. The van der Waals surface area contributed by atoms with Crippen LogP contribution in [-0.2, 0) is 11.0 Å². The first-order valence-electron chi connectivity index (χ1n) is 12.8. The number of thioether (sulfide) groups is 1. The van der Waals surface area contributed by atoms with E-state index in [-0.39, 0.29) is 6.42 Å². The number of hydrogen-bond acceptors (Lipinski definition) is 7. The van der Waals surface area contributed by atoms with Gasteiger partial charge < -0.3 is 14.7 Å². The van der Waals surface area contributed by atoms with Crippen molar-refractivity contribution in [2.75, 3.05) is 32.5 Å². The molecule has 216 valence electrons. The number of aliphatic hydroxyl groups is 1. The molecule has 1 aromatic heterocycles. The van der Waals surface area contributed by atoms with E-state index < -0.39 is 29.2 Å². The van der Waals surface area contributed by atoms with Crippen LogP contribution in [0.15, 0.2) is 53.6 Å². The van der Waals surface area contributed by atoms with Gasteiger partial charge in [-0.15, -0.1) is 11.8 Å². The Morgan fingerprint density at radius 2 is 2.00 bits per heavy atom. The van der Waals surface area contributed by atoms with Gasteiger partial charge in [0.15, 0.2) is 0 Å². The molecule has 0 saturated carbocycles. The standard InChI is InChI=1S/C28H31ClF3N3O4S/c1-39-19-5-6-23-21(16-19)25(22(29)17-33-23)24(36)7-8-27(26(37)34-38)9-11-35(12-10-27)13-14-40-20-4-2-3-18(15-20)28(30,31)32/h2-6,15-17,24,36,38H,7-14H2,1H3,(H,34,37). The summed E-state index contributed by atoms with van der Waals surface area (Å²) in [6.07, 6.45) is -2.41. The average Bonchev–Trinajstić information content (AvgIpc) is 2.95. The molecule has 7 nitrogen and oxygen atoms in total. The van der Waals surface area contributed by atoms with E-state index in [1.54, 1.807) is 36.9 Å². The van der Waals surface area contributed by atoms with Crippen molar-refractivity contribution in [3.05, 3.63) is 64.8 Å². The molecule has 1 fully saturated rings. The van der Waals surface area contributed by atoms with Gasteiger partial charge >= 0.3 is 6.18 Å². The summed E-state index contributed by atoms with van der Waals surface area (Å²) in [7, 11) is 1.54. The van der Waals surface area contributed by atoms with Crippen molar-refractivity contribution in [3.8, 4) is 5.75 Å². The first-order valence-corrected chi connectivity index (χ1v) is 14.2. The van der Waals surface area contributed by atoms with Crippen LogP contribution in [0.2, 0.25) is 5.02 Å². The zero-order valence-electron chi connectivity index (χ0n) is 21.9. The highest BCUT2D eigenvalue weighted by Crippen LogP contribution is 2.41. The molecule has 2 heterocycles. The van der Waals surface area contributed by atoms with Gasteiger partial charge in [-0.3, -0.25) is 15.0 Å². The fourth-order valence-corrected chi connectivity index (χ4v) is 6.41. The maximum absolute atomic E-state index is 13.0. The molecule has 1 saturated heterocycles. The predicted octanol–water partition coefficient (Wildman–Crippen LogP) is 6.11. The molecule has 1 unspecified atom stereocenters. The first kappa shape index (κ1) is 30.4. The molecule has 2 aromatic carbocycles. The van der Waals surface area contributed by atoms with E-state index in [0.29, 0.717) is 76.8 Å². The number of pyridine rings is 1. The lowest BCUT2D eigenvalue weighted by atomic mass is 9.73. The van der Waals surface area contributed by atoms with Gasteiger partial charge in [-0.2, -0.15) is 13.2 Å². The molecular formula is C28H31ClF3N3O4S. The van der Waals surface area contributed by atoms with E-state index >= 15 is 0 Å². The number of methoxy groups -OCH3 is 1. The fourth-order valence-electron chi connectivity index (χ4n) is 5.16. The van der Waals surface area contributed by atoms with Crippen molar-refractivity contribution < 1.29 is 33.0 Å². The lowest BCUT2D eigenvalue weighted by Gasteiger charge is -2.40. The number of piperidine rings is 1. The highest BCUT2D eigenvalue weighted by atomic mass is 35.5. The highest BCUT2D eigenvalue weighted by Gasteiger charge is 2.41. The molecule has 3 aromatic rings. The second-order valence-corrected chi connectivity index (χ2v) is 11.5. The van der Waals surface area contributed by atoms with Crippen LogP contribution in [0.4, 0.5) is 13.2 Å². The third-order valence-corrected chi connectivity index (χ3v) is 8.81. The number of rotatable bonds is 10. The van der Waals surface area contributed by atoms with Gasteiger partial charge in [0.2, 0.25) is 5.91 Å². The second-order valence-electron chi connectivity index (χ2n) is 9.89. The van der Waals surface area contributed by atoms with Crippen molar-refractivity contribution in [2.24, 2.45) is 5.41 Å². The number of halogens is 4. The SMILES string of the molecule is COc1ccc2ncc(Cl)c(C(O)CCC3(C(=O)NO)CCN(CCSc4cccc(C(F)(F)F)c4)CC3)c2c1. The van der Waals surface area contributed by atoms with Crippen molar-refractivity contribution in [1.82, 2.24) is 15.4 Å². The third kappa shape index (κ3) is 7.01. The van der Waals surface area contributed by atoms with E-state index in [4.69, 9.17) is 16.3 Å². The molecule has 0 bridgehead atoms. The van der Waals surface area contributed by atoms with Crippen LogP contribution in [0, 0.1) is 5.41 Å². The summed E-state index contributed by atoms with van der Waals surface area (Å²) in [5.74, 6) is 0.695. The van der Waals surface area contributed by atoms with Crippen LogP contribution >= 0.6 is 23.4 Å². The Labute approximate surface area is 239 Å². The van der Waals surface area contributed by atoms with E-state index in [1.165, 1.54) is 24.0 Å². The van der Waals surface area contributed by atoms with Gasteiger partial charge in [-0.05, 0) is 75.2 Å². The van der Waals surface area contributed by atoms with Crippen molar-refractivity contribution in [1.29, 1.82) is 0 Å². The van der Waals surface area contributed by atoms with Gasteiger partial charge in [0.1, 0.15) is 5.75 Å². The van der Waals surface area contributed by atoms with E-state index in [1.807, 2.05) is 0 Å². The number of aliphatic hydroxyl groups excluding tert-OH is 1. The number of benzene rings is 2. The molecule has 3 N–H and O–H groups in total. The summed E-state index contributed by atoms with van der Waals surface area (Å²) in [5, 5.41) is 21.6. The molecule has 0 radical (unpaired) electrons. The van der Waals surface area contributed by atoms with Crippen LogP contribution in [0.1, 0.15) is 42.9 Å². The van der Waals surface area contributed by atoms with Crippen molar-refractivity contribution >= 4 is 40.2 Å². The highest BCUT2D eigenvalue weighted by molar-refractivity contribution is 7.99. The molecule has 4 rings (SSSR count). The average molecular weight is 598 g/mol. The summed E-state index contributed by atoms with van der Waals surface area (Å²) >= 11 is 7.79. The van der Waals surface area contributed by atoms with Gasteiger partial charge in [-0.25, -0.2) is 5.48 Å². The molecule has 1 amide bonds. The Bertz CT molecular complexity index is 1340. The number of carbonyl (C=O) groups excluding carboxylic acids is 1. The van der Waals surface area contributed by atoms with Crippen LogP contribution in [0.5, 0.6) is 5.75 Å². The Morgan fingerprint density at radius 1 is 1.25 bits per heavy atom. The molecule has 0 aliphatic carbocycles. The third-order valence-electron chi connectivity index (χ3n) is 7.53. The number of hydrogen-bond donors (Lipinski definition) is 3. The largest absolute Gasteiger partial charge is 0.497 e. The molecule has 1 aliphatic heterocycles. The predicted molar refractivity (Wildman–Crippen MR) is 148 cm³/mol. The Hall–Kier alpha value is -2.57. The van der Waals surface area contributed by atoms with Crippen LogP contribution in [0.3, 0.4) is 0 Å². The number of ether oxygens (including phenoxy) is 1. The number of fused-ring (bicyclic) bond motifs is 1. The molecule has 40 heavy (non-hydrogen) atoms. The number of likely N-dealkylation sites (tertiary alicyclic amines) is 1. The second kappa shape index (κ2) is 12.9. The minimum Gasteiger partial charge on any atom is -0.497 e. The number of aromatic nitrogens is 1. The van der Waals surface area contributed by atoms with Crippen molar-refractivity contribution in [2.45, 2.75) is 42.9 Å². The van der Waals surface area contributed by atoms with E-state index in [0.717, 1.165) is 12.1 Å². The number of nitrogens with one attached hydrogen (secondary N) is 1. The van der Waals surface area contributed by atoms with Gasteiger partial charge in [0.05, 0.1) is 34.7 Å². The fraction of sp³-hybridized carbons (Fsp3) is 0.429. The number of alkyl halides is 3. The molecule has 1 aliphatic rings. The van der Waals surface area contributed by atoms with E-state index in [2.05, 4.69) is 9.88 Å². The van der Waals surface area contributed by atoms with Gasteiger partial charge in [-0.1, -0.05) is 17.7 Å². The van der Waals surface area contributed by atoms with Gasteiger partial charge in [0, 0.05) is 34.3 Å². The summed E-state index contributed by atoms with van der Waals surface area (Å²) in [6, 6.07) is 10.6. The summed E-state index contributed by atoms with van der Waals surface area (Å²) in [5.41, 5.74) is 1.41. The Kier molecular flexibility index (Phi) is 9.84. The summed E-state index contributed by atoms with van der Waals surface area (Å²) in [4.78, 5) is 19.8. The molecule has 12 heteroatoms. The van der Waals surface area contributed by atoms with Gasteiger partial charge in [0.25, 0.3) is 0 Å². The maximum atomic E-state index is 13.0. The lowest BCUT2D eigenvalue weighted by Crippen LogP contribution is -2.48. The van der Waals surface area contributed by atoms with Crippen LogP contribution < -0.4 is 10.2 Å². The monoisotopic (exact) mass is 597 g/mol.